The van der Waals surface area contributed by atoms with Crippen molar-refractivity contribution in [1.29, 1.82) is 0 Å². The first kappa shape index (κ1) is 7.80. The van der Waals surface area contributed by atoms with Crippen LogP contribution in [-0.4, -0.2) is 9.78 Å². The predicted octanol–water partition coefficient (Wildman–Crippen LogP) is 1.48. The van der Waals surface area contributed by atoms with Crippen molar-refractivity contribution >= 4 is 0 Å². The molecule has 1 aromatic heterocycles. The molecule has 2 atom stereocenters. The maximum absolute atomic E-state index is 5.96. The Morgan fingerprint density at radius 3 is 3.08 bits per heavy atom. The van der Waals surface area contributed by atoms with Crippen molar-refractivity contribution < 1.29 is 0 Å². The van der Waals surface area contributed by atoms with Crippen molar-refractivity contribution in [3.05, 3.63) is 18.0 Å². The highest BCUT2D eigenvalue weighted by Gasteiger charge is 2.30. The van der Waals surface area contributed by atoms with Crippen LogP contribution in [0, 0.1) is 5.92 Å². The monoisotopic (exact) mass is 165 g/mol. The molecule has 0 amide bonds. The Morgan fingerprint density at radius 1 is 1.67 bits per heavy atom. The summed E-state index contributed by atoms with van der Waals surface area (Å²) in [4.78, 5) is 0. The summed E-state index contributed by atoms with van der Waals surface area (Å²) >= 11 is 0. The summed E-state index contributed by atoms with van der Waals surface area (Å²) in [5.74, 6) is 0.622. The molecule has 3 heteroatoms. The van der Waals surface area contributed by atoms with Gasteiger partial charge in [0.25, 0.3) is 0 Å². The Hall–Kier alpha value is -0.830. The maximum Gasteiger partial charge on any atom is 0.0564 e. The van der Waals surface area contributed by atoms with E-state index in [1.807, 2.05) is 12.3 Å². The van der Waals surface area contributed by atoms with Crippen LogP contribution in [0.15, 0.2) is 12.3 Å². The van der Waals surface area contributed by atoms with Gasteiger partial charge in [0, 0.05) is 12.2 Å². The number of aromatic nitrogens is 2. The summed E-state index contributed by atoms with van der Waals surface area (Å²) in [5, 5.41) is 4.29. The van der Waals surface area contributed by atoms with Gasteiger partial charge in [-0.2, -0.15) is 5.10 Å². The SMILES string of the molecule is CC(C)[C@@H]1C[C@H](N)c2ccnn21. The molecule has 66 valence electrons. The van der Waals surface area contributed by atoms with Gasteiger partial charge in [-0.15, -0.1) is 0 Å². The molecular formula is C9H15N3. The van der Waals surface area contributed by atoms with E-state index in [0.717, 1.165) is 6.42 Å². The number of hydrogen-bond acceptors (Lipinski definition) is 2. The molecule has 1 aromatic rings. The standard InChI is InChI=1S/C9H15N3/c1-6(2)9-5-7(10)8-3-4-11-12(8)9/h3-4,6-7,9H,5,10H2,1-2H3/t7-,9-/m0/s1. The van der Waals surface area contributed by atoms with E-state index >= 15 is 0 Å². The third-order valence-corrected chi connectivity index (χ3v) is 2.66. The fourth-order valence-corrected chi connectivity index (χ4v) is 1.93. The lowest BCUT2D eigenvalue weighted by Crippen LogP contribution is -2.12. The van der Waals surface area contributed by atoms with E-state index in [9.17, 15) is 0 Å². The molecule has 0 bridgehead atoms. The van der Waals surface area contributed by atoms with Gasteiger partial charge in [-0.1, -0.05) is 13.8 Å². The predicted molar refractivity (Wildman–Crippen MR) is 47.6 cm³/mol. The van der Waals surface area contributed by atoms with Crippen molar-refractivity contribution in [1.82, 2.24) is 9.78 Å². The van der Waals surface area contributed by atoms with Crippen molar-refractivity contribution in [3.63, 3.8) is 0 Å². The molecule has 0 unspecified atom stereocenters. The van der Waals surface area contributed by atoms with E-state index in [4.69, 9.17) is 5.73 Å². The molecule has 0 saturated carbocycles. The Morgan fingerprint density at radius 2 is 2.42 bits per heavy atom. The maximum atomic E-state index is 5.96. The van der Waals surface area contributed by atoms with Crippen LogP contribution in [0.4, 0.5) is 0 Å². The minimum atomic E-state index is 0.194. The van der Waals surface area contributed by atoms with Gasteiger partial charge < -0.3 is 5.73 Å². The minimum Gasteiger partial charge on any atom is -0.323 e. The highest BCUT2D eigenvalue weighted by Crippen LogP contribution is 2.35. The average molecular weight is 165 g/mol. The zero-order chi connectivity index (χ0) is 8.72. The topological polar surface area (TPSA) is 43.8 Å². The van der Waals surface area contributed by atoms with Crippen molar-refractivity contribution in [2.45, 2.75) is 32.4 Å². The van der Waals surface area contributed by atoms with Crippen LogP contribution in [0.3, 0.4) is 0 Å². The van der Waals surface area contributed by atoms with E-state index < -0.39 is 0 Å². The molecule has 0 fully saturated rings. The first-order chi connectivity index (χ1) is 5.70. The Balaban J connectivity index is 2.35. The summed E-state index contributed by atoms with van der Waals surface area (Å²) in [5.41, 5.74) is 7.15. The van der Waals surface area contributed by atoms with Crippen molar-refractivity contribution in [2.75, 3.05) is 0 Å². The van der Waals surface area contributed by atoms with Crippen LogP contribution in [0.2, 0.25) is 0 Å². The van der Waals surface area contributed by atoms with Crippen LogP contribution >= 0.6 is 0 Å². The number of hydrogen-bond donors (Lipinski definition) is 1. The Bertz CT molecular complexity index is 277. The molecule has 12 heavy (non-hydrogen) atoms. The molecule has 0 radical (unpaired) electrons. The van der Waals surface area contributed by atoms with Crippen LogP contribution in [0.5, 0.6) is 0 Å². The van der Waals surface area contributed by atoms with Gasteiger partial charge in [0.05, 0.1) is 11.7 Å². The Kier molecular flexibility index (Phi) is 1.68. The first-order valence-corrected chi connectivity index (χ1v) is 4.49. The van der Waals surface area contributed by atoms with Gasteiger partial charge in [-0.05, 0) is 18.4 Å². The lowest BCUT2D eigenvalue weighted by Gasteiger charge is -2.15. The van der Waals surface area contributed by atoms with Gasteiger partial charge in [0.15, 0.2) is 0 Å². The lowest BCUT2D eigenvalue weighted by atomic mass is 10.0. The smallest absolute Gasteiger partial charge is 0.0564 e. The van der Waals surface area contributed by atoms with Crippen molar-refractivity contribution in [2.24, 2.45) is 11.7 Å². The van der Waals surface area contributed by atoms with E-state index in [1.165, 1.54) is 5.69 Å². The van der Waals surface area contributed by atoms with E-state index in [1.54, 1.807) is 0 Å². The quantitative estimate of drug-likeness (QED) is 0.685. The van der Waals surface area contributed by atoms with Gasteiger partial charge in [-0.3, -0.25) is 4.68 Å². The molecular weight excluding hydrogens is 150 g/mol. The summed E-state index contributed by atoms with van der Waals surface area (Å²) in [7, 11) is 0. The van der Waals surface area contributed by atoms with Crippen LogP contribution in [0.1, 0.15) is 38.0 Å². The number of nitrogens with two attached hydrogens (primary N) is 1. The molecule has 3 nitrogen and oxygen atoms in total. The van der Waals surface area contributed by atoms with Gasteiger partial charge in [-0.25, -0.2) is 0 Å². The third kappa shape index (κ3) is 0.966. The highest BCUT2D eigenvalue weighted by atomic mass is 15.3. The fourth-order valence-electron chi connectivity index (χ4n) is 1.93. The molecule has 1 aliphatic rings. The molecule has 1 aliphatic heterocycles. The third-order valence-electron chi connectivity index (χ3n) is 2.66. The number of nitrogens with zero attached hydrogens (tertiary/aromatic N) is 2. The van der Waals surface area contributed by atoms with Crippen LogP contribution < -0.4 is 5.73 Å². The highest BCUT2D eigenvalue weighted by molar-refractivity contribution is 5.12. The van der Waals surface area contributed by atoms with E-state index in [-0.39, 0.29) is 6.04 Å². The summed E-state index contributed by atoms with van der Waals surface area (Å²) in [6.07, 6.45) is 2.88. The van der Waals surface area contributed by atoms with Crippen LogP contribution in [-0.2, 0) is 0 Å². The fraction of sp³-hybridized carbons (Fsp3) is 0.667. The molecule has 0 saturated heterocycles. The second-order valence-electron chi connectivity index (χ2n) is 3.85. The summed E-state index contributed by atoms with van der Waals surface area (Å²) < 4.78 is 2.08. The average Bonchev–Trinajstić information content (AvgIpc) is 2.53. The molecule has 0 aliphatic carbocycles. The number of fused-ring (bicyclic) bond motifs is 1. The first-order valence-electron chi connectivity index (χ1n) is 4.49. The molecule has 2 N–H and O–H groups in total. The largest absolute Gasteiger partial charge is 0.323 e. The molecule has 0 aromatic carbocycles. The minimum absolute atomic E-state index is 0.194. The molecule has 2 heterocycles. The van der Waals surface area contributed by atoms with Gasteiger partial charge in [0.1, 0.15) is 0 Å². The second kappa shape index (κ2) is 2.59. The zero-order valence-electron chi connectivity index (χ0n) is 7.57. The normalized spacial score (nSPS) is 28.0. The van der Waals surface area contributed by atoms with E-state index in [0.29, 0.717) is 12.0 Å². The lowest BCUT2D eigenvalue weighted by molar-refractivity contribution is 0.356. The second-order valence-corrected chi connectivity index (χ2v) is 3.85. The van der Waals surface area contributed by atoms with Gasteiger partial charge >= 0.3 is 0 Å². The van der Waals surface area contributed by atoms with Gasteiger partial charge in [0.2, 0.25) is 0 Å². The van der Waals surface area contributed by atoms with E-state index in [2.05, 4.69) is 23.6 Å². The Labute approximate surface area is 72.6 Å². The number of rotatable bonds is 1. The molecule has 2 rings (SSSR count). The molecule has 0 spiro atoms. The zero-order valence-corrected chi connectivity index (χ0v) is 7.57. The van der Waals surface area contributed by atoms with Crippen molar-refractivity contribution in [3.8, 4) is 0 Å². The van der Waals surface area contributed by atoms with Crippen LogP contribution in [0.25, 0.3) is 0 Å². The summed E-state index contributed by atoms with van der Waals surface area (Å²) in [6, 6.07) is 2.72. The summed E-state index contributed by atoms with van der Waals surface area (Å²) in [6.45, 7) is 4.43.